The molecule has 0 aliphatic rings. The van der Waals surface area contributed by atoms with Crippen LogP contribution < -0.4 is 10.4 Å². The third-order valence-electron chi connectivity index (χ3n) is 2.54. The molecule has 0 aliphatic carbocycles. The number of aryl methyl sites for hydroxylation is 1. The molecule has 7 nitrogen and oxygen atoms in total. The Labute approximate surface area is 118 Å². The third kappa shape index (κ3) is 2.85. The van der Waals surface area contributed by atoms with E-state index in [4.69, 9.17) is 9.84 Å². The Bertz CT molecular complexity index is 692. The van der Waals surface area contributed by atoms with Crippen LogP contribution in [0.3, 0.4) is 0 Å². The molecule has 0 unspecified atom stereocenters. The quantitative estimate of drug-likeness (QED) is 0.800. The molecule has 8 heteroatoms. The number of hydrogen-bond acceptors (Lipinski definition) is 5. The monoisotopic (exact) mass is 295 g/mol. The van der Waals surface area contributed by atoms with Gasteiger partial charge in [0, 0.05) is 0 Å². The molecule has 1 heterocycles. The summed E-state index contributed by atoms with van der Waals surface area (Å²) in [5, 5.41) is 15.2. The highest BCUT2D eigenvalue weighted by atomic mass is 32.2. The zero-order valence-corrected chi connectivity index (χ0v) is 11.7. The smallest absolute Gasteiger partial charge is 0.348 e. The molecule has 2 aromatic rings. The van der Waals surface area contributed by atoms with E-state index in [1.165, 1.54) is 11.7 Å². The van der Waals surface area contributed by atoms with Gasteiger partial charge >= 0.3 is 11.7 Å². The average molecular weight is 295 g/mol. The van der Waals surface area contributed by atoms with Crippen molar-refractivity contribution in [2.75, 3.05) is 12.9 Å². The van der Waals surface area contributed by atoms with Gasteiger partial charge in [-0.25, -0.2) is 14.5 Å². The first kappa shape index (κ1) is 14.2. The van der Waals surface area contributed by atoms with Crippen LogP contribution >= 0.6 is 11.8 Å². The Kier molecular flexibility index (Phi) is 4.14. The molecule has 20 heavy (non-hydrogen) atoms. The third-order valence-corrected chi connectivity index (χ3v) is 3.46. The SMILES string of the molecule is COc1ccc(C)cc1-n1c(SCC(=O)O)n[nH]c1=O. The molecule has 0 saturated heterocycles. The minimum Gasteiger partial charge on any atom is -0.495 e. The zero-order valence-electron chi connectivity index (χ0n) is 10.9. The number of aromatic nitrogens is 3. The van der Waals surface area contributed by atoms with Crippen LogP contribution in [-0.4, -0.2) is 38.7 Å². The number of carboxylic acid groups (broad SMARTS) is 1. The predicted molar refractivity (Wildman–Crippen MR) is 73.8 cm³/mol. The molecule has 0 spiro atoms. The number of carbonyl (C=O) groups is 1. The van der Waals surface area contributed by atoms with Crippen LogP contribution in [-0.2, 0) is 4.79 Å². The number of benzene rings is 1. The largest absolute Gasteiger partial charge is 0.495 e. The van der Waals surface area contributed by atoms with Gasteiger partial charge in [-0.3, -0.25) is 4.79 Å². The van der Waals surface area contributed by atoms with Gasteiger partial charge < -0.3 is 9.84 Å². The van der Waals surface area contributed by atoms with E-state index < -0.39 is 11.7 Å². The van der Waals surface area contributed by atoms with Crippen LogP contribution in [0.15, 0.2) is 28.2 Å². The molecule has 0 fully saturated rings. The van der Waals surface area contributed by atoms with Crippen LogP contribution in [0, 0.1) is 6.92 Å². The number of rotatable bonds is 5. The molecule has 0 bridgehead atoms. The van der Waals surface area contributed by atoms with Crippen LogP contribution in [0.4, 0.5) is 0 Å². The van der Waals surface area contributed by atoms with E-state index in [1.54, 1.807) is 12.1 Å². The molecule has 2 N–H and O–H groups in total. The minimum absolute atomic E-state index is 0.182. The van der Waals surface area contributed by atoms with Gasteiger partial charge in [0.25, 0.3) is 0 Å². The van der Waals surface area contributed by atoms with Crippen molar-refractivity contribution in [2.45, 2.75) is 12.1 Å². The number of aliphatic carboxylic acids is 1. The second-order valence-corrected chi connectivity index (χ2v) is 4.95. The lowest BCUT2D eigenvalue weighted by Crippen LogP contribution is -2.17. The molecule has 106 valence electrons. The Morgan fingerprint density at radius 1 is 1.55 bits per heavy atom. The molecule has 1 aromatic carbocycles. The minimum atomic E-state index is -0.979. The van der Waals surface area contributed by atoms with Crippen molar-refractivity contribution in [3.05, 3.63) is 34.2 Å². The highest BCUT2D eigenvalue weighted by Gasteiger charge is 2.16. The maximum Gasteiger partial charge on any atom is 0.348 e. The van der Waals surface area contributed by atoms with Crippen LogP contribution in [0.1, 0.15) is 5.56 Å². The Hall–Kier alpha value is -2.22. The fourth-order valence-electron chi connectivity index (χ4n) is 1.69. The molecule has 0 radical (unpaired) electrons. The number of methoxy groups -OCH3 is 1. The van der Waals surface area contributed by atoms with E-state index in [-0.39, 0.29) is 10.9 Å². The second-order valence-electron chi connectivity index (χ2n) is 4.00. The normalized spacial score (nSPS) is 10.5. The number of nitrogens with zero attached hydrogens (tertiary/aromatic N) is 2. The highest BCUT2D eigenvalue weighted by molar-refractivity contribution is 7.99. The first-order chi connectivity index (χ1) is 9.52. The fraction of sp³-hybridized carbons (Fsp3) is 0.250. The van der Waals surface area contributed by atoms with E-state index in [9.17, 15) is 9.59 Å². The first-order valence-electron chi connectivity index (χ1n) is 5.70. The number of hydrogen-bond donors (Lipinski definition) is 2. The first-order valence-corrected chi connectivity index (χ1v) is 6.68. The molecular formula is C12H13N3O4S. The van der Waals surface area contributed by atoms with Crippen LogP contribution in [0.2, 0.25) is 0 Å². The van der Waals surface area contributed by atoms with Gasteiger partial charge in [-0.1, -0.05) is 17.8 Å². The lowest BCUT2D eigenvalue weighted by molar-refractivity contribution is -0.133. The van der Waals surface area contributed by atoms with Gasteiger partial charge in [-0.05, 0) is 24.6 Å². The van der Waals surface area contributed by atoms with Gasteiger partial charge in [0.1, 0.15) is 5.75 Å². The van der Waals surface area contributed by atoms with Gasteiger partial charge in [0.2, 0.25) is 0 Å². The Morgan fingerprint density at radius 3 is 2.95 bits per heavy atom. The maximum atomic E-state index is 11.9. The highest BCUT2D eigenvalue weighted by Crippen LogP contribution is 2.26. The topological polar surface area (TPSA) is 97.2 Å². The molecule has 1 aromatic heterocycles. The molecule has 0 aliphatic heterocycles. The van der Waals surface area contributed by atoms with Gasteiger partial charge in [0.05, 0.1) is 18.6 Å². The van der Waals surface area contributed by atoms with Crippen molar-refractivity contribution in [1.82, 2.24) is 14.8 Å². The summed E-state index contributed by atoms with van der Waals surface area (Å²) in [5.41, 5.74) is 1.03. The lowest BCUT2D eigenvalue weighted by atomic mass is 10.2. The Balaban J connectivity index is 2.52. The summed E-state index contributed by atoms with van der Waals surface area (Å²) in [6.07, 6.45) is 0. The van der Waals surface area contributed by atoms with E-state index in [0.29, 0.717) is 11.4 Å². The van der Waals surface area contributed by atoms with Crippen molar-refractivity contribution in [3.63, 3.8) is 0 Å². The van der Waals surface area contributed by atoms with Crippen molar-refractivity contribution in [1.29, 1.82) is 0 Å². The number of nitrogens with one attached hydrogen (secondary N) is 1. The van der Waals surface area contributed by atoms with Gasteiger partial charge in [-0.15, -0.1) is 5.10 Å². The summed E-state index contributed by atoms with van der Waals surface area (Å²) in [7, 11) is 1.50. The number of carboxylic acids is 1. The number of aromatic amines is 1. The summed E-state index contributed by atoms with van der Waals surface area (Å²) in [6.45, 7) is 1.89. The summed E-state index contributed by atoms with van der Waals surface area (Å²) >= 11 is 0.961. The number of ether oxygens (including phenoxy) is 1. The molecule has 0 amide bonds. The summed E-state index contributed by atoms with van der Waals surface area (Å²) < 4.78 is 6.54. The maximum absolute atomic E-state index is 11.9. The van der Waals surface area contributed by atoms with Crippen molar-refractivity contribution in [3.8, 4) is 11.4 Å². The van der Waals surface area contributed by atoms with Crippen molar-refractivity contribution >= 4 is 17.7 Å². The molecular weight excluding hydrogens is 282 g/mol. The Morgan fingerprint density at radius 2 is 2.30 bits per heavy atom. The second kappa shape index (κ2) is 5.83. The average Bonchev–Trinajstić information content (AvgIpc) is 2.77. The zero-order chi connectivity index (χ0) is 14.7. The fourth-order valence-corrected chi connectivity index (χ4v) is 2.37. The summed E-state index contributed by atoms with van der Waals surface area (Å²) in [4.78, 5) is 22.5. The number of thioether (sulfide) groups is 1. The van der Waals surface area contributed by atoms with Crippen molar-refractivity contribution < 1.29 is 14.6 Å². The van der Waals surface area contributed by atoms with E-state index >= 15 is 0 Å². The van der Waals surface area contributed by atoms with E-state index in [2.05, 4.69) is 10.2 Å². The van der Waals surface area contributed by atoms with E-state index in [1.807, 2.05) is 13.0 Å². The molecule has 2 rings (SSSR count). The van der Waals surface area contributed by atoms with Crippen molar-refractivity contribution in [2.24, 2.45) is 0 Å². The molecule has 0 saturated carbocycles. The summed E-state index contributed by atoms with van der Waals surface area (Å²) in [5.74, 6) is -0.650. The number of H-pyrrole nitrogens is 1. The van der Waals surface area contributed by atoms with Crippen LogP contribution in [0.25, 0.3) is 5.69 Å². The van der Waals surface area contributed by atoms with E-state index in [0.717, 1.165) is 17.3 Å². The van der Waals surface area contributed by atoms with Gasteiger partial charge in [-0.2, -0.15) is 0 Å². The predicted octanol–water partition coefficient (Wildman–Crippen LogP) is 1.05. The van der Waals surface area contributed by atoms with Crippen LogP contribution in [0.5, 0.6) is 5.75 Å². The summed E-state index contributed by atoms with van der Waals surface area (Å²) in [6, 6.07) is 5.38. The lowest BCUT2D eigenvalue weighted by Gasteiger charge is -2.10. The van der Waals surface area contributed by atoms with Gasteiger partial charge in [0.15, 0.2) is 5.16 Å². The molecule has 0 atom stereocenters. The standard InChI is InChI=1S/C12H13N3O4S/c1-7-3-4-9(19-2)8(5-7)15-11(18)13-14-12(15)20-6-10(16)17/h3-5H,6H2,1-2H3,(H,13,18)(H,16,17).